The highest BCUT2D eigenvalue weighted by Crippen LogP contribution is 2.42. The van der Waals surface area contributed by atoms with Gasteiger partial charge in [0.05, 0.1) is 11.1 Å². The summed E-state index contributed by atoms with van der Waals surface area (Å²) in [6.07, 6.45) is 12.2. The van der Waals surface area contributed by atoms with Crippen LogP contribution >= 0.6 is 0 Å². The third-order valence-corrected chi connectivity index (χ3v) is 25.3. The molecular weight excluding hydrogens is 1450 g/mol. The Morgan fingerprint density at radius 1 is 0.267 bits per heavy atom. The summed E-state index contributed by atoms with van der Waals surface area (Å²) in [6, 6.07) is 44.5. The van der Waals surface area contributed by atoms with E-state index in [2.05, 4.69) is 87.7 Å². The number of carbonyl (C=O) groups is 8. The zero-order valence-corrected chi connectivity index (χ0v) is 70.2. The van der Waals surface area contributed by atoms with Gasteiger partial charge in [0.2, 0.25) is 23.6 Å². The van der Waals surface area contributed by atoms with E-state index < -0.39 is 0 Å². The minimum absolute atomic E-state index is 0.164. The van der Waals surface area contributed by atoms with Crippen LogP contribution in [0.2, 0.25) is 0 Å². The molecule has 4 fully saturated rings. The fourth-order valence-corrected chi connectivity index (χ4v) is 17.9. The van der Waals surface area contributed by atoms with Crippen LogP contribution in [-0.2, 0) is 57.7 Å². The predicted octanol–water partition coefficient (Wildman–Crippen LogP) is 9.07. The molecule has 6 heterocycles. The first-order valence-corrected chi connectivity index (χ1v) is 43.8. The van der Waals surface area contributed by atoms with Crippen molar-refractivity contribution < 1.29 is 38.4 Å². The van der Waals surface area contributed by atoms with Crippen molar-refractivity contribution in [2.24, 2.45) is 0 Å². The van der Waals surface area contributed by atoms with Crippen LogP contribution in [0.4, 0.5) is 0 Å². The van der Waals surface area contributed by atoms with E-state index in [1.165, 1.54) is 32.1 Å². The van der Waals surface area contributed by atoms with E-state index >= 15 is 19.2 Å². The van der Waals surface area contributed by atoms with E-state index in [1.54, 1.807) is 0 Å². The minimum atomic E-state index is -0.371. The number of piperazine rings is 4. The van der Waals surface area contributed by atoms with Crippen LogP contribution in [0.25, 0.3) is 10.8 Å². The molecule has 0 aromatic heterocycles. The molecule has 624 valence electrons. The second-order valence-corrected chi connectivity index (χ2v) is 33.5. The average molecular weight is 1580 g/mol. The van der Waals surface area contributed by atoms with Crippen LogP contribution in [0.3, 0.4) is 0 Å². The fraction of sp³-hybridized carbons (Fsp3) is 0.553. The molecule has 0 saturated carbocycles. The number of nitrogens with zero attached hydrogens (tertiary/aromatic N) is 14. The van der Waals surface area contributed by atoms with Crippen molar-refractivity contribution >= 4 is 58.0 Å². The molecule has 0 spiro atoms. The number of benzene rings is 6. The first kappa shape index (κ1) is 86.8. The van der Waals surface area contributed by atoms with E-state index in [-0.39, 0.29) is 60.3 Å². The number of hydrogen-bond acceptors (Lipinski definition) is 16. The van der Waals surface area contributed by atoms with Crippen molar-refractivity contribution in [2.45, 2.75) is 116 Å². The van der Waals surface area contributed by atoms with Crippen molar-refractivity contribution in [2.75, 3.05) is 225 Å². The molecule has 8 amide bonds. The Morgan fingerprint density at radius 3 is 0.716 bits per heavy atom. The lowest BCUT2D eigenvalue weighted by Crippen LogP contribution is -2.48. The number of hydrogen-bond donors (Lipinski definition) is 0. The second-order valence-electron chi connectivity index (χ2n) is 33.5. The highest BCUT2D eigenvalue weighted by molar-refractivity contribution is 6.34. The van der Waals surface area contributed by atoms with Gasteiger partial charge in [-0.25, -0.2) is 0 Å². The molecule has 0 aliphatic carbocycles. The van der Waals surface area contributed by atoms with Crippen LogP contribution in [0.15, 0.2) is 133 Å². The molecule has 6 aromatic rings. The van der Waals surface area contributed by atoms with E-state index in [4.69, 9.17) is 0 Å². The molecule has 116 heavy (non-hydrogen) atoms. The van der Waals surface area contributed by atoms with Gasteiger partial charge in [0.25, 0.3) is 23.6 Å². The van der Waals surface area contributed by atoms with E-state index in [0.29, 0.717) is 111 Å². The van der Waals surface area contributed by atoms with Crippen LogP contribution in [-0.4, -0.2) is 340 Å². The molecule has 6 aliphatic heterocycles. The maximum absolute atomic E-state index is 15.7. The van der Waals surface area contributed by atoms with Gasteiger partial charge in [-0.3, -0.25) is 48.2 Å². The van der Waals surface area contributed by atoms with Crippen LogP contribution in [0.1, 0.15) is 152 Å². The van der Waals surface area contributed by atoms with Gasteiger partial charge in [-0.05, 0) is 188 Å². The molecule has 0 N–H and O–H groups in total. The lowest BCUT2D eigenvalue weighted by molar-refractivity contribution is -0.130. The third kappa shape index (κ3) is 24.8. The van der Waals surface area contributed by atoms with Crippen LogP contribution < -0.4 is 0 Å². The highest BCUT2D eigenvalue weighted by atomic mass is 16.2. The Bertz CT molecular complexity index is 3910. The molecule has 22 nitrogen and oxygen atoms in total. The maximum Gasteiger partial charge on any atom is 0.261 e. The SMILES string of the molecule is CN(CCCN1CCN(CCCc2cc3c4c(c(CCCN5CCN(CCCN(C)C(=O)CCc6ccccc6)CC5)cc5c4c2C(=O)N(CCCN2CCN(CCCN(C)C(=O)CCc4ccccc4)CC2)C5=O)C(=O)N(CCCN2CCN(CCCN(C)C(=O)CCc4ccccc4)CC2)C3=O)CC1)C(=O)CCc1ccccc1. The molecule has 22 heteroatoms. The predicted molar refractivity (Wildman–Crippen MR) is 460 cm³/mol. The molecule has 6 aliphatic rings. The van der Waals surface area contributed by atoms with Crippen LogP contribution in [0.5, 0.6) is 0 Å². The molecule has 6 aromatic carbocycles. The number of rotatable bonds is 44. The smallest absolute Gasteiger partial charge is 0.261 e. The lowest BCUT2D eigenvalue weighted by Gasteiger charge is -2.37. The van der Waals surface area contributed by atoms with Gasteiger partial charge < -0.3 is 58.8 Å². The summed E-state index contributed by atoms with van der Waals surface area (Å²) in [5, 5.41) is 0.913. The first-order valence-electron chi connectivity index (χ1n) is 43.8. The van der Waals surface area contributed by atoms with E-state index in [9.17, 15) is 19.2 Å². The maximum atomic E-state index is 15.7. The van der Waals surface area contributed by atoms with Crippen molar-refractivity contribution in [1.29, 1.82) is 0 Å². The zero-order chi connectivity index (χ0) is 81.1. The van der Waals surface area contributed by atoms with Crippen molar-refractivity contribution in [3.8, 4) is 0 Å². The number of amides is 8. The van der Waals surface area contributed by atoms with Gasteiger partial charge in [0.1, 0.15) is 0 Å². The van der Waals surface area contributed by atoms with Gasteiger partial charge >= 0.3 is 0 Å². The monoisotopic (exact) mass is 1580 g/mol. The minimum Gasteiger partial charge on any atom is -0.346 e. The summed E-state index contributed by atoms with van der Waals surface area (Å²) in [4.78, 5) is 145. The third-order valence-electron chi connectivity index (χ3n) is 25.3. The quantitative estimate of drug-likeness (QED) is 0.0330. The topological polar surface area (TPSA) is 182 Å². The summed E-state index contributed by atoms with van der Waals surface area (Å²) in [5.74, 6) is -0.793. The van der Waals surface area contributed by atoms with Gasteiger partial charge in [0, 0.05) is 220 Å². The van der Waals surface area contributed by atoms with Gasteiger partial charge in [-0.2, -0.15) is 0 Å². The Balaban J connectivity index is 0.706. The Morgan fingerprint density at radius 2 is 0.483 bits per heavy atom. The molecule has 0 atom stereocenters. The Hall–Kier alpha value is -8.58. The summed E-state index contributed by atoms with van der Waals surface area (Å²) in [7, 11) is 7.63. The van der Waals surface area contributed by atoms with Gasteiger partial charge in [0.15, 0.2) is 0 Å². The molecular formula is C94H130N14O8. The standard InChI is InChI=1S/C94H130N14O8/c1-95(83(109)39-35-75-25-9-5-10-26-75)43-19-49-101-61-57-99(58-62-101)47-17-33-79-73-81-90-88(94(116)108(91(81)113)56-24-54-106-71-67-104(68-72-106)52-22-46-98(4)86(112)42-38-78-31-15-8-16-32-78)80(34-18-48-100-59-63-102(64-60-100)50-20-44-96(2)84(110)40-36-76-27-11-6-12-28-76)74-82-89(90)87(79)93(115)107(92(82)114)55-23-53-105-69-65-103(66-70-105)51-21-45-97(3)85(111)41-37-77-29-13-7-14-30-77/h5-16,25-32,73-74H,17-24,33-72H2,1-4H3. The average Bonchev–Trinajstić information content (AvgIpc) is 0.698. The first-order chi connectivity index (χ1) is 56.5. The van der Waals surface area contributed by atoms with E-state index in [0.717, 1.165) is 232 Å². The number of carbonyl (C=O) groups excluding carboxylic acids is 8. The normalized spacial score (nSPS) is 17.1. The van der Waals surface area contributed by atoms with Gasteiger partial charge in [-0.15, -0.1) is 0 Å². The molecule has 0 bridgehead atoms. The van der Waals surface area contributed by atoms with Gasteiger partial charge in [-0.1, -0.05) is 121 Å². The molecule has 12 rings (SSSR count). The van der Waals surface area contributed by atoms with Crippen molar-refractivity contribution in [3.63, 3.8) is 0 Å². The Kier molecular flexibility index (Phi) is 33.1. The summed E-state index contributed by atoms with van der Waals surface area (Å²) < 4.78 is 0. The van der Waals surface area contributed by atoms with Crippen LogP contribution in [0, 0.1) is 0 Å². The second kappa shape index (κ2) is 44.3. The largest absolute Gasteiger partial charge is 0.346 e. The number of aryl methyl sites for hydroxylation is 6. The number of imide groups is 2. The molecule has 0 unspecified atom stereocenters. The fourth-order valence-electron chi connectivity index (χ4n) is 17.9. The Labute approximate surface area is 690 Å². The summed E-state index contributed by atoms with van der Waals surface area (Å²) in [5.41, 5.74) is 7.87. The zero-order valence-electron chi connectivity index (χ0n) is 70.2. The van der Waals surface area contributed by atoms with E-state index in [1.807, 2.05) is 133 Å². The highest BCUT2D eigenvalue weighted by Gasteiger charge is 2.43. The van der Waals surface area contributed by atoms with Crippen molar-refractivity contribution in [1.82, 2.24) is 68.6 Å². The summed E-state index contributed by atoms with van der Waals surface area (Å²) in [6.45, 7) is 24.2. The lowest BCUT2D eigenvalue weighted by atomic mass is 9.80. The molecule has 0 radical (unpaired) electrons. The van der Waals surface area contributed by atoms with Crippen molar-refractivity contribution in [3.05, 3.63) is 189 Å². The summed E-state index contributed by atoms with van der Waals surface area (Å²) >= 11 is 0. The molecule has 4 saturated heterocycles.